The molecule has 0 fully saturated rings. The maximum atomic E-state index is 12.5. The third-order valence-electron chi connectivity index (χ3n) is 3.49. The molecule has 26 heavy (non-hydrogen) atoms. The molecular formula is C16H22N4O4S2. The molecule has 0 atom stereocenters. The Balaban J connectivity index is 2.30. The largest absolute Gasteiger partial charge is 0.489 e. The van der Waals surface area contributed by atoms with E-state index in [4.69, 9.17) is 4.74 Å². The zero-order chi connectivity index (χ0) is 19.3. The van der Waals surface area contributed by atoms with Crippen LogP contribution in [-0.2, 0) is 28.5 Å². The number of benzene rings is 1. The number of anilines is 1. The summed E-state index contributed by atoms with van der Waals surface area (Å²) in [5.41, 5.74) is 1.05. The van der Waals surface area contributed by atoms with Gasteiger partial charge in [0.1, 0.15) is 17.3 Å². The lowest BCUT2D eigenvalue weighted by molar-refractivity contribution is -0.115. The molecular weight excluding hydrogens is 376 g/mol. The minimum atomic E-state index is -3.72. The van der Waals surface area contributed by atoms with Crippen LogP contribution >= 0.6 is 12.6 Å². The number of hydrogen-bond acceptors (Lipinski definition) is 6. The van der Waals surface area contributed by atoms with Gasteiger partial charge >= 0.3 is 0 Å². The molecule has 10 heteroatoms. The zero-order valence-corrected chi connectivity index (χ0v) is 16.5. The molecule has 0 aliphatic rings. The van der Waals surface area contributed by atoms with Crippen LogP contribution in [0.1, 0.15) is 12.0 Å². The number of aryl methyl sites for hydroxylation is 1. The van der Waals surface area contributed by atoms with Gasteiger partial charge in [-0.2, -0.15) is 17.7 Å². The molecule has 0 radical (unpaired) electrons. The number of carbonyl (C=O) groups excluding carboxylic acids is 1. The highest BCUT2D eigenvalue weighted by atomic mass is 32.2. The average molecular weight is 399 g/mol. The number of nitrogens with zero attached hydrogens (tertiary/aromatic N) is 3. The van der Waals surface area contributed by atoms with Crippen molar-refractivity contribution < 1.29 is 17.9 Å². The number of nitrogens with one attached hydrogen (secondary N) is 1. The Bertz CT molecular complexity index is 878. The van der Waals surface area contributed by atoms with Crippen LogP contribution in [-0.4, -0.2) is 48.3 Å². The lowest BCUT2D eigenvalue weighted by Gasteiger charge is -2.17. The second kappa shape index (κ2) is 8.56. The summed E-state index contributed by atoms with van der Waals surface area (Å²) in [7, 11) is 0.951. The van der Waals surface area contributed by atoms with E-state index >= 15 is 0 Å². The second-order valence-electron chi connectivity index (χ2n) is 5.78. The van der Waals surface area contributed by atoms with Crippen LogP contribution in [0.3, 0.4) is 0 Å². The van der Waals surface area contributed by atoms with Crippen molar-refractivity contribution in [2.75, 3.05) is 25.2 Å². The monoisotopic (exact) mass is 398 g/mol. The van der Waals surface area contributed by atoms with Crippen LogP contribution in [0.25, 0.3) is 0 Å². The molecule has 0 saturated heterocycles. The van der Waals surface area contributed by atoms with Gasteiger partial charge in [0.2, 0.25) is 15.9 Å². The van der Waals surface area contributed by atoms with Crippen LogP contribution in [0, 0.1) is 0 Å². The molecule has 1 N–H and O–H groups in total. The Morgan fingerprint density at radius 2 is 2.12 bits per heavy atom. The fourth-order valence-electron chi connectivity index (χ4n) is 2.15. The Hall–Kier alpha value is -2.04. The lowest BCUT2D eigenvalue weighted by atomic mass is 10.3. The number of aromatic nitrogens is 2. The van der Waals surface area contributed by atoms with E-state index in [2.05, 4.69) is 23.0 Å². The Kier molecular flexibility index (Phi) is 6.68. The molecule has 0 saturated carbocycles. The van der Waals surface area contributed by atoms with E-state index in [-0.39, 0.29) is 29.5 Å². The van der Waals surface area contributed by atoms with Gasteiger partial charge in [-0.15, -0.1) is 0 Å². The molecule has 0 spiro atoms. The van der Waals surface area contributed by atoms with Gasteiger partial charge in [0.15, 0.2) is 0 Å². The predicted molar refractivity (Wildman–Crippen MR) is 102 cm³/mol. The van der Waals surface area contributed by atoms with E-state index in [1.165, 1.54) is 26.2 Å². The van der Waals surface area contributed by atoms with E-state index < -0.39 is 10.0 Å². The van der Waals surface area contributed by atoms with Crippen LogP contribution in [0.4, 0.5) is 5.69 Å². The van der Waals surface area contributed by atoms with Crippen molar-refractivity contribution in [2.45, 2.75) is 17.9 Å². The first-order valence-electron chi connectivity index (χ1n) is 7.81. The van der Waals surface area contributed by atoms with Crippen molar-refractivity contribution in [1.29, 1.82) is 0 Å². The van der Waals surface area contributed by atoms with Crippen molar-refractivity contribution in [1.82, 2.24) is 14.1 Å². The smallest absolute Gasteiger partial charge is 0.244 e. The third-order valence-corrected chi connectivity index (χ3v) is 5.58. The average Bonchev–Trinajstić information content (AvgIpc) is 2.98. The first kappa shape index (κ1) is 20.3. The zero-order valence-electron chi connectivity index (χ0n) is 14.8. The highest BCUT2D eigenvalue weighted by Crippen LogP contribution is 2.29. The molecule has 1 aromatic heterocycles. The maximum absolute atomic E-state index is 12.5. The number of sulfonamides is 1. The van der Waals surface area contributed by atoms with Crippen LogP contribution in [0.15, 0.2) is 35.5 Å². The molecule has 2 aromatic rings. The highest BCUT2D eigenvalue weighted by Gasteiger charge is 2.23. The van der Waals surface area contributed by atoms with Gasteiger partial charge in [-0.1, -0.05) is 0 Å². The summed E-state index contributed by atoms with van der Waals surface area (Å²) in [6, 6.07) is 4.48. The summed E-state index contributed by atoms with van der Waals surface area (Å²) in [6.07, 6.45) is 3.67. The van der Waals surface area contributed by atoms with Gasteiger partial charge in [-0.3, -0.25) is 9.48 Å². The van der Waals surface area contributed by atoms with Gasteiger partial charge in [0.25, 0.3) is 0 Å². The van der Waals surface area contributed by atoms with Gasteiger partial charge < -0.3 is 10.1 Å². The number of amides is 1. The summed E-state index contributed by atoms with van der Waals surface area (Å²) in [5.74, 6) is 0.478. The number of carbonyl (C=O) groups is 1. The minimum absolute atomic E-state index is 0.00346. The lowest BCUT2D eigenvalue weighted by Crippen LogP contribution is -2.24. The Morgan fingerprint density at radius 1 is 1.38 bits per heavy atom. The number of rotatable bonds is 8. The molecule has 142 valence electrons. The summed E-state index contributed by atoms with van der Waals surface area (Å²) >= 11 is 4.02. The van der Waals surface area contributed by atoms with E-state index in [1.807, 2.05) is 6.20 Å². The molecule has 2 rings (SSSR count). The molecule has 0 bridgehead atoms. The summed E-state index contributed by atoms with van der Waals surface area (Å²) in [6.45, 7) is 0.275. The normalized spacial score (nSPS) is 11.6. The van der Waals surface area contributed by atoms with Crippen LogP contribution in [0.5, 0.6) is 5.75 Å². The van der Waals surface area contributed by atoms with E-state index in [0.717, 1.165) is 9.87 Å². The fourth-order valence-corrected chi connectivity index (χ4v) is 3.37. The van der Waals surface area contributed by atoms with Crippen molar-refractivity contribution in [3.63, 3.8) is 0 Å². The molecule has 0 unspecified atom stereocenters. The van der Waals surface area contributed by atoms with Crippen molar-refractivity contribution in [2.24, 2.45) is 7.05 Å². The molecule has 1 heterocycles. The van der Waals surface area contributed by atoms with E-state index in [0.29, 0.717) is 11.5 Å². The standard InChI is InChI=1S/C16H22N4O4S2/c1-19(2)26(22,23)15-5-4-13(8-14(15)18-16(21)6-7-25)24-11-12-9-17-20(3)10-12/h4-5,8-10,25H,6-7,11H2,1-3H3,(H,18,21). The number of thiol groups is 1. The topological polar surface area (TPSA) is 93.5 Å². The third kappa shape index (κ3) is 4.99. The maximum Gasteiger partial charge on any atom is 0.244 e. The van der Waals surface area contributed by atoms with Gasteiger partial charge in [0, 0.05) is 45.4 Å². The van der Waals surface area contributed by atoms with Gasteiger partial charge in [-0.25, -0.2) is 12.7 Å². The fraction of sp³-hybridized carbons (Fsp3) is 0.375. The van der Waals surface area contributed by atoms with Crippen molar-refractivity contribution >= 4 is 34.2 Å². The quantitative estimate of drug-likeness (QED) is 0.658. The first-order valence-corrected chi connectivity index (χ1v) is 9.89. The van der Waals surface area contributed by atoms with Crippen LogP contribution < -0.4 is 10.1 Å². The number of ether oxygens (including phenoxy) is 1. The Morgan fingerprint density at radius 3 is 2.69 bits per heavy atom. The SMILES string of the molecule is CN(C)S(=O)(=O)c1ccc(OCc2cnn(C)c2)cc1NC(=O)CCS. The molecule has 1 amide bonds. The minimum Gasteiger partial charge on any atom is -0.489 e. The Labute approximate surface area is 158 Å². The molecule has 0 aliphatic heterocycles. The summed E-state index contributed by atoms with van der Waals surface area (Å²) in [4.78, 5) is 11.9. The van der Waals surface area contributed by atoms with Gasteiger partial charge in [0.05, 0.1) is 11.9 Å². The summed E-state index contributed by atoms with van der Waals surface area (Å²) in [5, 5.41) is 6.68. The second-order valence-corrected chi connectivity index (χ2v) is 8.35. The van der Waals surface area contributed by atoms with E-state index in [9.17, 15) is 13.2 Å². The van der Waals surface area contributed by atoms with Gasteiger partial charge in [-0.05, 0) is 17.9 Å². The van der Waals surface area contributed by atoms with E-state index in [1.54, 1.807) is 24.0 Å². The van der Waals surface area contributed by atoms with Crippen molar-refractivity contribution in [3.05, 3.63) is 36.2 Å². The van der Waals surface area contributed by atoms with Crippen LogP contribution in [0.2, 0.25) is 0 Å². The predicted octanol–water partition coefficient (Wildman–Crippen LogP) is 1.51. The molecule has 1 aromatic carbocycles. The number of hydrogen-bond donors (Lipinski definition) is 2. The summed E-state index contributed by atoms with van der Waals surface area (Å²) < 4.78 is 33.4. The molecule has 8 nitrogen and oxygen atoms in total. The first-order chi connectivity index (χ1) is 12.2. The highest BCUT2D eigenvalue weighted by molar-refractivity contribution is 7.89. The van der Waals surface area contributed by atoms with Crippen molar-refractivity contribution in [3.8, 4) is 5.75 Å². The molecule has 0 aliphatic carbocycles.